The van der Waals surface area contributed by atoms with Crippen molar-refractivity contribution in [3.8, 4) is 0 Å². The molecule has 0 bridgehead atoms. The van der Waals surface area contributed by atoms with Gasteiger partial charge in [0.05, 0.1) is 0 Å². The summed E-state index contributed by atoms with van der Waals surface area (Å²) < 4.78 is 0. The van der Waals surface area contributed by atoms with E-state index >= 15 is 0 Å². The SMILES string of the molecule is Cc1cc(C)cc(C(C2=C(c3ccccc3)[C-]=CC2)(c2cc(C)cc(C)c2)c2cc(C)cc(C)c2)c1.[Cl-].[Cl-].[Cl-].[Ti+4]. The van der Waals surface area contributed by atoms with Crippen LogP contribution in [-0.4, -0.2) is 0 Å². The minimum Gasteiger partial charge on any atom is -1.00 e. The van der Waals surface area contributed by atoms with Crippen LogP contribution in [0.3, 0.4) is 0 Å². The maximum absolute atomic E-state index is 3.68. The van der Waals surface area contributed by atoms with Crippen molar-refractivity contribution in [1.82, 2.24) is 0 Å². The van der Waals surface area contributed by atoms with Crippen LogP contribution in [0.5, 0.6) is 0 Å². The van der Waals surface area contributed by atoms with Crippen molar-refractivity contribution in [3.63, 3.8) is 0 Å². The number of benzene rings is 4. The summed E-state index contributed by atoms with van der Waals surface area (Å²) in [5.74, 6) is 0. The van der Waals surface area contributed by atoms with E-state index in [-0.39, 0.29) is 58.9 Å². The van der Waals surface area contributed by atoms with Gasteiger partial charge in [-0.1, -0.05) is 113 Å². The second kappa shape index (κ2) is 14.7. The molecule has 1 aliphatic carbocycles. The number of hydrogen-bond acceptors (Lipinski definition) is 0. The Kier molecular flexibility index (Phi) is 13.2. The Hall–Kier alpha value is -2.06. The van der Waals surface area contributed by atoms with Crippen LogP contribution in [0.2, 0.25) is 0 Å². The minimum atomic E-state index is -0.435. The number of halogens is 3. The predicted octanol–water partition coefficient (Wildman–Crippen LogP) is 0.0979. The smallest absolute Gasteiger partial charge is 1.00 e. The fraction of sp³-hybridized carbons (Fsp3) is 0.222. The van der Waals surface area contributed by atoms with Crippen molar-refractivity contribution in [1.29, 1.82) is 0 Å². The second-order valence-electron chi connectivity index (χ2n) is 10.7. The average Bonchev–Trinajstić information content (AvgIpc) is 3.28. The maximum atomic E-state index is 3.68. The number of rotatable bonds is 5. The van der Waals surface area contributed by atoms with Crippen molar-refractivity contribution >= 4 is 5.57 Å². The number of allylic oxidation sites excluding steroid dienone is 4. The zero-order valence-corrected chi connectivity index (χ0v) is 27.8. The molecule has 0 nitrogen and oxygen atoms in total. The Morgan fingerprint density at radius 2 is 0.875 bits per heavy atom. The second-order valence-corrected chi connectivity index (χ2v) is 10.7. The molecular weight excluding hydrogens is 587 g/mol. The van der Waals surface area contributed by atoms with Crippen LogP contribution >= 0.6 is 0 Å². The van der Waals surface area contributed by atoms with Crippen molar-refractivity contribution in [2.45, 2.75) is 53.4 Å². The van der Waals surface area contributed by atoms with E-state index in [9.17, 15) is 0 Å². The van der Waals surface area contributed by atoms with Crippen LogP contribution < -0.4 is 37.2 Å². The van der Waals surface area contributed by atoms with Crippen molar-refractivity contribution in [2.75, 3.05) is 0 Å². The van der Waals surface area contributed by atoms with Gasteiger partial charge < -0.3 is 37.2 Å². The van der Waals surface area contributed by atoms with Gasteiger partial charge in [0.1, 0.15) is 0 Å². The van der Waals surface area contributed by atoms with Gasteiger partial charge in [0, 0.05) is 5.41 Å². The van der Waals surface area contributed by atoms with Gasteiger partial charge in [-0.2, -0.15) is 17.7 Å². The van der Waals surface area contributed by atoms with Crippen LogP contribution in [0.25, 0.3) is 5.57 Å². The van der Waals surface area contributed by atoms with E-state index in [2.05, 4.69) is 139 Å². The molecule has 0 unspecified atom stereocenters. The van der Waals surface area contributed by atoms with Crippen LogP contribution in [0.1, 0.15) is 62.1 Å². The third kappa shape index (κ3) is 6.87. The van der Waals surface area contributed by atoms with E-state index in [1.165, 1.54) is 66.8 Å². The van der Waals surface area contributed by atoms with Crippen LogP contribution in [0.15, 0.2) is 96.6 Å². The molecule has 0 saturated heterocycles. The largest absolute Gasteiger partial charge is 4.00 e. The summed E-state index contributed by atoms with van der Waals surface area (Å²) in [5, 5.41) is 0. The molecule has 40 heavy (non-hydrogen) atoms. The van der Waals surface area contributed by atoms with Gasteiger partial charge in [-0.05, 0) is 58.2 Å². The van der Waals surface area contributed by atoms with Crippen LogP contribution in [-0.2, 0) is 27.1 Å². The predicted molar refractivity (Wildman–Crippen MR) is 153 cm³/mol. The molecule has 4 heteroatoms. The zero-order valence-electron chi connectivity index (χ0n) is 24.0. The van der Waals surface area contributed by atoms with Crippen LogP contribution in [0, 0.1) is 47.6 Å². The van der Waals surface area contributed by atoms with Crippen molar-refractivity contribution in [2.24, 2.45) is 0 Å². The Morgan fingerprint density at radius 3 is 1.23 bits per heavy atom. The Labute approximate surface area is 274 Å². The first-order chi connectivity index (χ1) is 17.3. The summed E-state index contributed by atoms with van der Waals surface area (Å²) in [5.41, 5.74) is 15.1. The van der Waals surface area contributed by atoms with Crippen molar-refractivity contribution < 1.29 is 58.9 Å². The van der Waals surface area contributed by atoms with E-state index < -0.39 is 5.41 Å². The fourth-order valence-electron chi connectivity index (χ4n) is 6.24. The van der Waals surface area contributed by atoms with E-state index in [4.69, 9.17) is 0 Å². The average molecular weight is 622 g/mol. The molecule has 0 aromatic heterocycles. The molecular formula is C36H35Cl3Ti. The summed E-state index contributed by atoms with van der Waals surface area (Å²) in [7, 11) is 0. The number of aryl methyl sites for hydroxylation is 6. The molecule has 0 saturated carbocycles. The summed E-state index contributed by atoms with van der Waals surface area (Å²) in [6.07, 6.45) is 6.77. The molecule has 5 rings (SSSR count). The standard InChI is InChI=1S/C36H35.3ClH.Ti/c1-24-15-25(2)19-31(18-24)36(32-20-26(3)16-27(4)21-32,33-22-28(5)17-29(6)23-33)35-14-10-13-34(35)30-11-8-7-9-12-30;;;;/h7-12,15-23H,14H2,1-6H3;3*1H;/q-1;;;;+4/p-3. The summed E-state index contributed by atoms with van der Waals surface area (Å²) in [4.78, 5) is 0. The topological polar surface area (TPSA) is 0 Å². The summed E-state index contributed by atoms with van der Waals surface area (Å²) in [6.45, 7) is 13.3. The molecule has 0 N–H and O–H groups in total. The van der Waals surface area contributed by atoms with E-state index in [1.54, 1.807) is 0 Å². The molecule has 0 atom stereocenters. The first-order valence-electron chi connectivity index (χ1n) is 12.9. The molecule has 0 radical (unpaired) electrons. The van der Waals surface area contributed by atoms with Crippen molar-refractivity contribution in [3.05, 3.63) is 158 Å². The Bertz CT molecular complexity index is 1330. The third-order valence-electron chi connectivity index (χ3n) is 7.33. The Morgan fingerprint density at radius 1 is 0.525 bits per heavy atom. The van der Waals surface area contributed by atoms with Gasteiger partial charge in [-0.15, -0.1) is 23.3 Å². The molecule has 0 heterocycles. The van der Waals surface area contributed by atoms with Gasteiger partial charge in [0.15, 0.2) is 0 Å². The van der Waals surface area contributed by atoms with Gasteiger partial charge in [-0.25, -0.2) is 0 Å². The fourth-order valence-corrected chi connectivity index (χ4v) is 6.24. The first kappa shape index (κ1) is 36.0. The molecule has 204 valence electrons. The normalized spacial score (nSPS) is 12.2. The molecule has 0 spiro atoms. The molecule has 4 aromatic carbocycles. The quantitative estimate of drug-likeness (QED) is 0.169. The molecule has 4 aromatic rings. The van der Waals surface area contributed by atoms with Gasteiger partial charge in [-0.3, -0.25) is 0 Å². The number of hydrogen-bond donors (Lipinski definition) is 0. The summed E-state index contributed by atoms with van der Waals surface area (Å²) >= 11 is 0. The molecule has 0 aliphatic heterocycles. The van der Waals surface area contributed by atoms with Gasteiger partial charge >= 0.3 is 21.7 Å². The summed E-state index contributed by atoms with van der Waals surface area (Å²) in [6, 6.07) is 32.0. The molecule has 1 aliphatic rings. The molecule has 0 fully saturated rings. The minimum absolute atomic E-state index is 0. The van der Waals surface area contributed by atoms with E-state index in [0.29, 0.717) is 0 Å². The van der Waals surface area contributed by atoms with Gasteiger partial charge in [0.2, 0.25) is 0 Å². The zero-order chi connectivity index (χ0) is 25.4. The van der Waals surface area contributed by atoms with E-state index in [0.717, 1.165) is 6.42 Å². The van der Waals surface area contributed by atoms with E-state index in [1.807, 2.05) is 0 Å². The monoisotopic (exact) mass is 620 g/mol. The van der Waals surface area contributed by atoms with Gasteiger partial charge in [0.25, 0.3) is 0 Å². The first-order valence-corrected chi connectivity index (χ1v) is 12.9. The van der Waals surface area contributed by atoms with Crippen LogP contribution in [0.4, 0.5) is 0 Å². The molecule has 0 amide bonds. The maximum Gasteiger partial charge on any atom is 4.00 e. The Balaban J connectivity index is 0.00000200. The third-order valence-corrected chi connectivity index (χ3v) is 7.33.